The van der Waals surface area contributed by atoms with Gasteiger partial charge < -0.3 is 23.7 Å². The normalized spacial score (nSPS) is 25.5. The maximum absolute atomic E-state index is 6.16. The number of benzene rings is 2. The Hall–Kier alpha value is -2.66. The molecule has 0 radical (unpaired) electrons. The molecule has 1 fully saturated rings. The van der Waals surface area contributed by atoms with E-state index in [1.807, 2.05) is 24.3 Å². The van der Waals surface area contributed by atoms with Gasteiger partial charge in [-0.1, -0.05) is 18.2 Å². The Labute approximate surface area is 152 Å². The molecular formula is C21H20O5. The predicted molar refractivity (Wildman–Crippen MR) is 94.7 cm³/mol. The molecule has 26 heavy (non-hydrogen) atoms. The van der Waals surface area contributed by atoms with E-state index < -0.39 is 0 Å². The minimum atomic E-state index is -0.0130. The largest absolute Gasteiger partial charge is 0.454 e. The summed E-state index contributed by atoms with van der Waals surface area (Å²) in [5.74, 6) is 3.81. The van der Waals surface area contributed by atoms with Gasteiger partial charge in [-0.2, -0.15) is 0 Å². The number of rotatable bonds is 4. The number of hydrogen-bond acceptors (Lipinski definition) is 5. The summed E-state index contributed by atoms with van der Waals surface area (Å²) in [6.45, 7) is 5.34. The van der Waals surface area contributed by atoms with Gasteiger partial charge in [-0.05, 0) is 47.7 Å². The van der Waals surface area contributed by atoms with Gasteiger partial charge in [0.1, 0.15) is 0 Å². The highest BCUT2D eigenvalue weighted by atomic mass is 16.7. The van der Waals surface area contributed by atoms with Crippen LogP contribution >= 0.6 is 0 Å². The lowest BCUT2D eigenvalue weighted by molar-refractivity contribution is 0.0975. The number of ether oxygens (including phenoxy) is 5. The van der Waals surface area contributed by atoms with Crippen molar-refractivity contribution in [2.24, 2.45) is 11.8 Å². The Bertz CT molecular complexity index is 846. The van der Waals surface area contributed by atoms with Crippen LogP contribution in [0.2, 0.25) is 0 Å². The molecule has 0 N–H and O–H groups in total. The molecule has 0 aromatic heterocycles. The lowest BCUT2D eigenvalue weighted by atomic mass is 9.84. The van der Waals surface area contributed by atoms with Gasteiger partial charge in [0.2, 0.25) is 13.6 Å². The molecule has 0 amide bonds. The molecule has 1 saturated heterocycles. The molecule has 5 heteroatoms. The highest BCUT2D eigenvalue weighted by Crippen LogP contribution is 2.44. The summed E-state index contributed by atoms with van der Waals surface area (Å²) in [5.41, 5.74) is 2.33. The van der Waals surface area contributed by atoms with E-state index in [1.165, 1.54) is 5.56 Å². The second-order valence-corrected chi connectivity index (χ2v) is 6.83. The number of hydrogen-bond donors (Lipinski definition) is 0. The molecule has 0 bridgehead atoms. The quantitative estimate of drug-likeness (QED) is 0.782. The molecule has 134 valence electrons. The van der Waals surface area contributed by atoms with Crippen LogP contribution in [-0.4, -0.2) is 20.2 Å². The SMILES string of the molecule is C=C[C@H]1[C@H](Cc2ccc3c(c2)OCO3)CO[C@@H]1c1ccc2c(c1)OCO2. The van der Waals surface area contributed by atoms with E-state index in [4.69, 9.17) is 23.7 Å². The third kappa shape index (κ3) is 2.59. The lowest BCUT2D eigenvalue weighted by Crippen LogP contribution is -2.15. The Kier molecular flexibility index (Phi) is 3.75. The van der Waals surface area contributed by atoms with Crippen molar-refractivity contribution in [1.29, 1.82) is 0 Å². The minimum Gasteiger partial charge on any atom is -0.454 e. The number of fused-ring (bicyclic) bond motifs is 2. The maximum Gasteiger partial charge on any atom is 0.231 e. The molecule has 2 aromatic rings. The molecule has 0 spiro atoms. The second-order valence-electron chi connectivity index (χ2n) is 6.83. The van der Waals surface area contributed by atoms with Crippen LogP contribution in [0.25, 0.3) is 0 Å². The van der Waals surface area contributed by atoms with E-state index in [0.29, 0.717) is 19.3 Å². The summed E-state index contributed by atoms with van der Waals surface area (Å²) in [6, 6.07) is 12.2. The van der Waals surface area contributed by atoms with Crippen molar-refractivity contribution in [3.05, 3.63) is 60.2 Å². The van der Waals surface area contributed by atoms with E-state index >= 15 is 0 Å². The van der Waals surface area contributed by atoms with Crippen molar-refractivity contribution < 1.29 is 23.7 Å². The van der Waals surface area contributed by atoms with Crippen LogP contribution in [-0.2, 0) is 11.2 Å². The Morgan fingerprint density at radius 3 is 2.35 bits per heavy atom. The van der Waals surface area contributed by atoms with Crippen LogP contribution in [0.5, 0.6) is 23.0 Å². The Morgan fingerprint density at radius 2 is 1.58 bits per heavy atom. The first-order chi connectivity index (χ1) is 12.8. The van der Waals surface area contributed by atoms with Crippen molar-refractivity contribution in [1.82, 2.24) is 0 Å². The van der Waals surface area contributed by atoms with Crippen LogP contribution in [0, 0.1) is 11.8 Å². The summed E-state index contributed by atoms with van der Waals surface area (Å²) < 4.78 is 27.9. The van der Waals surface area contributed by atoms with Crippen LogP contribution in [0.15, 0.2) is 49.1 Å². The highest BCUT2D eigenvalue weighted by Gasteiger charge is 2.37. The first kappa shape index (κ1) is 15.6. The first-order valence-corrected chi connectivity index (χ1v) is 8.84. The van der Waals surface area contributed by atoms with Crippen molar-refractivity contribution in [3.8, 4) is 23.0 Å². The summed E-state index contributed by atoms with van der Waals surface area (Å²) in [6.07, 6.45) is 2.91. The molecule has 0 unspecified atom stereocenters. The Morgan fingerprint density at radius 1 is 0.885 bits per heavy atom. The highest BCUT2D eigenvalue weighted by molar-refractivity contribution is 5.46. The van der Waals surface area contributed by atoms with E-state index in [2.05, 4.69) is 24.8 Å². The lowest BCUT2D eigenvalue weighted by Gasteiger charge is -2.20. The fourth-order valence-corrected chi connectivity index (χ4v) is 3.99. The van der Waals surface area contributed by atoms with Gasteiger partial charge in [-0.3, -0.25) is 0 Å². The molecule has 3 aliphatic rings. The average Bonchev–Trinajstić information content (AvgIpc) is 3.39. The fourth-order valence-electron chi connectivity index (χ4n) is 3.99. The monoisotopic (exact) mass is 352 g/mol. The van der Waals surface area contributed by atoms with Crippen LogP contribution in [0.1, 0.15) is 17.2 Å². The van der Waals surface area contributed by atoms with Crippen LogP contribution in [0.4, 0.5) is 0 Å². The average molecular weight is 352 g/mol. The third-order valence-electron chi connectivity index (χ3n) is 5.32. The van der Waals surface area contributed by atoms with Gasteiger partial charge >= 0.3 is 0 Å². The summed E-state index contributed by atoms with van der Waals surface area (Å²) in [7, 11) is 0. The van der Waals surface area contributed by atoms with Crippen LogP contribution in [0.3, 0.4) is 0 Å². The summed E-state index contributed by atoms with van der Waals surface area (Å²) in [4.78, 5) is 0. The topological polar surface area (TPSA) is 46.2 Å². The molecule has 3 heterocycles. The molecule has 2 aromatic carbocycles. The Balaban J connectivity index is 1.36. The first-order valence-electron chi connectivity index (χ1n) is 8.84. The zero-order valence-electron chi connectivity index (χ0n) is 14.4. The summed E-state index contributed by atoms with van der Waals surface area (Å²) in [5, 5.41) is 0. The minimum absolute atomic E-state index is 0.0130. The van der Waals surface area contributed by atoms with E-state index in [-0.39, 0.29) is 18.8 Å². The van der Waals surface area contributed by atoms with Gasteiger partial charge in [-0.25, -0.2) is 0 Å². The smallest absolute Gasteiger partial charge is 0.231 e. The van der Waals surface area contributed by atoms with Crippen molar-refractivity contribution in [3.63, 3.8) is 0 Å². The van der Waals surface area contributed by atoms with Crippen molar-refractivity contribution >= 4 is 0 Å². The van der Waals surface area contributed by atoms with Gasteiger partial charge in [0.25, 0.3) is 0 Å². The molecular weight excluding hydrogens is 332 g/mol. The third-order valence-corrected chi connectivity index (χ3v) is 5.32. The molecule has 5 rings (SSSR count). The van der Waals surface area contributed by atoms with Gasteiger partial charge in [-0.15, -0.1) is 6.58 Å². The van der Waals surface area contributed by atoms with Crippen LogP contribution < -0.4 is 18.9 Å². The van der Waals surface area contributed by atoms with E-state index in [0.717, 1.165) is 35.0 Å². The fraction of sp³-hybridized carbons (Fsp3) is 0.333. The molecule has 0 saturated carbocycles. The maximum atomic E-state index is 6.16. The molecule has 0 aliphatic carbocycles. The standard InChI is InChI=1S/C21H20O5/c1-2-16-15(7-13-3-5-17-19(8-13)25-11-23-17)10-22-21(16)14-4-6-18-20(9-14)26-12-24-18/h2-6,8-9,15-16,21H,1,7,10-12H2/t15-,16+,21-/m1/s1. The zero-order valence-corrected chi connectivity index (χ0v) is 14.4. The molecule has 3 aliphatic heterocycles. The zero-order chi connectivity index (χ0) is 17.5. The van der Waals surface area contributed by atoms with Crippen molar-refractivity contribution in [2.75, 3.05) is 20.2 Å². The van der Waals surface area contributed by atoms with Gasteiger partial charge in [0.05, 0.1) is 12.7 Å². The van der Waals surface area contributed by atoms with Gasteiger partial charge in [0.15, 0.2) is 23.0 Å². The van der Waals surface area contributed by atoms with E-state index in [9.17, 15) is 0 Å². The van der Waals surface area contributed by atoms with Gasteiger partial charge in [0, 0.05) is 5.92 Å². The second kappa shape index (κ2) is 6.25. The predicted octanol–water partition coefficient (Wildman–Crippen LogP) is 3.88. The molecule has 3 atom stereocenters. The van der Waals surface area contributed by atoms with Crippen molar-refractivity contribution in [2.45, 2.75) is 12.5 Å². The summed E-state index contributed by atoms with van der Waals surface area (Å²) >= 11 is 0. The van der Waals surface area contributed by atoms with E-state index in [1.54, 1.807) is 0 Å². The molecule has 5 nitrogen and oxygen atoms in total.